The fourth-order valence-corrected chi connectivity index (χ4v) is 4.71. The molecule has 2 aromatic heterocycles. The van der Waals surface area contributed by atoms with Gasteiger partial charge in [-0.05, 0) is 30.0 Å². The molecule has 0 saturated carbocycles. The first-order valence-electron chi connectivity index (χ1n) is 12.4. The van der Waals surface area contributed by atoms with E-state index in [9.17, 15) is 9.90 Å². The third kappa shape index (κ3) is 5.53. The first-order valence-corrected chi connectivity index (χ1v) is 12.4. The van der Waals surface area contributed by atoms with E-state index in [-0.39, 0.29) is 24.3 Å². The quantitative estimate of drug-likeness (QED) is 0.418. The number of fused-ring (bicyclic) bond motifs is 1. The first kappa shape index (κ1) is 26.8. The molecule has 1 aromatic carbocycles. The Kier molecular flexibility index (Phi) is 8.25. The summed E-state index contributed by atoms with van der Waals surface area (Å²) >= 11 is 0. The van der Waals surface area contributed by atoms with Crippen molar-refractivity contribution >= 4 is 22.9 Å². The lowest BCUT2D eigenvalue weighted by molar-refractivity contribution is -0.128. The van der Waals surface area contributed by atoms with Crippen molar-refractivity contribution in [3.63, 3.8) is 0 Å². The maximum atomic E-state index is 13.6. The molecule has 1 amide bonds. The molecule has 11 heteroatoms. The van der Waals surface area contributed by atoms with E-state index in [4.69, 9.17) is 14.2 Å². The van der Waals surface area contributed by atoms with Crippen LogP contribution in [-0.2, 0) is 20.7 Å². The number of aliphatic hydroxyl groups excluding tert-OH is 1. The first-order chi connectivity index (χ1) is 17.7. The van der Waals surface area contributed by atoms with Gasteiger partial charge in [0.15, 0.2) is 23.2 Å². The molecule has 1 fully saturated rings. The van der Waals surface area contributed by atoms with Crippen molar-refractivity contribution in [2.24, 2.45) is 11.8 Å². The molecule has 3 heterocycles. The Labute approximate surface area is 216 Å². The number of amides is 1. The Morgan fingerprint density at radius 1 is 1.19 bits per heavy atom. The zero-order valence-electron chi connectivity index (χ0n) is 22.2. The number of anilines is 1. The summed E-state index contributed by atoms with van der Waals surface area (Å²) in [5.74, 6) is 1.02. The van der Waals surface area contributed by atoms with Crippen LogP contribution in [0.2, 0.25) is 0 Å². The number of rotatable bonds is 10. The molecule has 1 aliphatic rings. The topological polar surface area (TPSA) is 124 Å². The molecule has 5 atom stereocenters. The molecule has 11 nitrogen and oxygen atoms in total. The highest BCUT2D eigenvalue weighted by molar-refractivity contribution is 5.83. The maximum Gasteiger partial charge on any atom is 0.224 e. The Balaban J connectivity index is 1.62. The molecule has 3 aromatic rings. The summed E-state index contributed by atoms with van der Waals surface area (Å²) in [5, 5.41) is 14.3. The monoisotopic (exact) mass is 512 g/mol. The molecule has 4 rings (SSSR count). The molecule has 1 aliphatic heterocycles. The molecule has 0 radical (unpaired) electrons. The number of hydrogen-bond donors (Lipinski definition) is 2. The molecular weight excluding hydrogens is 476 g/mol. The Hall–Kier alpha value is -3.28. The van der Waals surface area contributed by atoms with Crippen LogP contribution in [0.4, 0.5) is 5.82 Å². The highest BCUT2D eigenvalue weighted by atomic mass is 16.6. The van der Waals surface area contributed by atoms with Gasteiger partial charge in [-0.3, -0.25) is 9.36 Å². The van der Waals surface area contributed by atoms with Crippen LogP contribution in [0.3, 0.4) is 0 Å². The van der Waals surface area contributed by atoms with Crippen LogP contribution in [0.25, 0.3) is 11.2 Å². The summed E-state index contributed by atoms with van der Waals surface area (Å²) in [7, 11) is 6.93. The highest BCUT2D eigenvalue weighted by Gasteiger charge is 2.46. The minimum atomic E-state index is -0.990. The predicted octanol–water partition coefficient (Wildman–Crippen LogP) is 1.81. The number of carbonyl (C=O) groups is 1. The third-order valence-electron chi connectivity index (χ3n) is 6.80. The molecule has 0 spiro atoms. The van der Waals surface area contributed by atoms with Crippen LogP contribution in [-0.4, -0.2) is 83.7 Å². The molecule has 37 heavy (non-hydrogen) atoms. The van der Waals surface area contributed by atoms with Crippen molar-refractivity contribution in [1.29, 1.82) is 0 Å². The van der Waals surface area contributed by atoms with Crippen LogP contribution >= 0.6 is 0 Å². The number of benzene rings is 1. The van der Waals surface area contributed by atoms with Gasteiger partial charge in [0.2, 0.25) is 5.91 Å². The minimum Gasteiger partial charge on any atom is -0.497 e. The molecule has 0 bridgehead atoms. The second kappa shape index (κ2) is 11.4. The molecule has 2 N–H and O–H groups in total. The summed E-state index contributed by atoms with van der Waals surface area (Å²) in [5.41, 5.74) is 2.18. The van der Waals surface area contributed by atoms with Gasteiger partial charge in [-0.15, -0.1) is 0 Å². The Morgan fingerprint density at radius 3 is 2.54 bits per heavy atom. The van der Waals surface area contributed by atoms with Crippen molar-refractivity contribution in [2.45, 2.75) is 44.7 Å². The summed E-state index contributed by atoms with van der Waals surface area (Å²) in [6.07, 6.45) is 1.27. The van der Waals surface area contributed by atoms with Gasteiger partial charge in [0.1, 0.15) is 30.3 Å². The number of nitrogens with zero attached hydrogens (tertiary/aromatic N) is 5. The number of hydrogen-bond acceptors (Lipinski definition) is 9. The van der Waals surface area contributed by atoms with E-state index in [0.717, 1.165) is 11.3 Å². The average Bonchev–Trinajstić information content (AvgIpc) is 3.44. The maximum absolute atomic E-state index is 13.6. The van der Waals surface area contributed by atoms with Crippen LogP contribution in [0.15, 0.2) is 36.9 Å². The number of ether oxygens (including phenoxy) is 3. The molecule has 200 valence electrons. The van der Waals surface area contributed by atoms with E-state index in [1.807, 2.05) is 57.1 Å². The zero-order valence-corrected chi connectivity index (χ0v) is 22.2. The van der Waals surface area contributed by atoms with Gasteiger partial charge in [0.05, 0.1) is 20.0 Å². The number of imidazole rings is 1. The molecule has 1 saturated heterocycles. The van der Waals surface area contributed by atoms with E-state index in [1.165, 1.54) is 6.33 Å². The van der Waals surface area contributed by atoms with E-state index in [2.05, 4.69) is 20.3 Å². The third-order valence-corrected chi connectivity index (χ3v) is 6.80. The van der Waals surface area contributed by atoms with Crippen LogP contribution < -0.4 is 15.0 Å². The second-order valence-electron chi connectivity index (χ2n) is 9.86. The number of carbonyl (C=O) groups excluding carboxylic acids is 1. The number of aromatic nitrogens is 4. The van der Waals surface area contributed by atoms with Gasteiger partial charge in [0, 0.05) is 27.1 Å². The fourth-order valence-electron chi connectivity index (χ4n) is 4.71. The van der Waals surface area contributed by atoms with Gasteiger partial charge in [-0.25, -0.2) is 15.0 Å². The predicted molar refractivity (Wildman–Crippen MR) is 138 cm³/mol. The Morgan fingerprint density at radius 2 is 1.92 bits per heavy atom. The van der Waals surface area contributed by atoms with Crippen molar-refractivity contribution in [3.05, 3.63) is 42.5 Å². The number of aliphatic hydroxyl groups is 1. The summed E-state index contributed by atoms with van der Waals surface area (Å²) in [6, 6.07) is 6.97. The van der Waals surface area contributed by atoms with Gasteiger partial charge >= 0.3 is 0 Å². The van der Waals surface area contributed by atoms with E-state index < -0.39 is 24.5 Å². The van der Waals surface area contributed by atoms with Gasteiger partial charge < -0.3 is 29.5 Å². The van der Waals surface area contributed by atoms with Crippen molar-refractivity contribution in [2.75, 3.05) is 39.8 Å². The second-order valence-corrected chi connectivity index (χ2v) is 9.86. The van der Waals surface area contributed by atoms with Crippen molar-refractivity contribution < 1.29 is 24.1 Å². The lowest BCUT2D eigenvalue weighted by atomic mass is 9.88. The van der Waals surface area contributed by atoms with E-state index in [0.29, 0.717) is 23.4 Å². The van der Waals surface area contributed by atoms with Crippen LogP contribution in [0.5, 0.6) is 5.75 Å². The average molecular weight is 513 g/mol. The van der Waals surface area contributed by atoms with Crippen molar-refractivity contribution in [3.8, 4) is 5.75 Å². The normalized spacial score (nSPS) is 22.4. The number of nitrogens with one attached hydrogen (secondary N) is 1. The minimum absolute atomic E-state index is 0.0688. The largest absolute Gasteiger partial charge is 0.497 e. The lowest BCUT2D eigenvalue weighted by Gasteiger charge is -2.27. The van der Waals surface area contributed by atoms with Gasteiger partial charge in [-0.1, -0.05) is 26.0 Å². The smallest absolute Gasteiger partial charge is 0.224 e. The van der Waals surface area contributed by atoms with Crippen LogP contribution in [0, 0.1) is 11.8 Å². The standard InChI is InChI=1S/C26H36N6O5/c1-15(2)18(11-16-7-9-17(36-6)10-8-16)25(34)30-20-22(33)19(12-35-5)37-26(20)32-14-29-21-23(31(3)4)27-13-28-24(21)32/h7-10,13-15,18-20,22,26,33H,11-12H2,1-6H3,(H,30,34). The lowest BCUT2D eigenvalue weighted by Crippen LogP contribution is -2.49. The summed E-state index contributed by atoms with van der Waals surface area (Å²) < 4.78 is 18.5. The van der Waals surface area contributed by atoms with Gasteiger partial charge in [0.25, 0.3) is 0 Å². The Bertz CT molecular complexity index is 1200. The molecular formula is C26H36N6O5. The fraction of sp³-hybridized carbons (Fsp3) is 0.538. The number of methoxy groups -OCH3 is 2. The molecule has 5 unspecified atom stereocenters. The highest BCUT2D eigenvalue weighted by Crippen LogP contribution is 2.33. The zero-order chi connectivity index (χ0) is 26.7. The van der Waals surface area contributed by atoms with Gasteiger partial charge in [-0.2, -0.15) is 0 Å². The summed E-state index contributed by atoms with van der Waals surface area (Å²) in [4.78, 5) is 28.7. The van der Waals surface area contributed by atoms with Crippen LogP contribution in [0.1, 0.15) is 25.6 Å². The molecule has 0 aliphatic carbocycles. The van der Waals surface area contributed by atoms with E-state index >= 15 is 0 Å². The van der Waals surface area contributed by atoms with E-state index in [1.54, 1.807) is 25.1 Å². The summed E-state index contributed by atoms with van der Waals surface area (Å²) in [6.45, 7) is 4.21. The SMILES string of the molecule is COCC1OC(n2cnc3c(N(C)C)ncnc32)C(NC(=O)C(Cc2ccc(OC)cc2)C(C)C)C1O. The van der Waals surface area contributed by atoms with Crippen molar-refractivity contribution in [1.82, 2.24) is 24.8 Å².